The van der Waals surface area contributed by atoms with Gasteiger partial charge in [0.15, 0.2) is 0 Å². The van der Waals surface area contributed by atoms with Crippen LogP contribution in [0.2, 0.25) is 0 Å². The first-order valence-corrected chi connectivity index (χ1v) is 5.83. The summed E-state index contributed by atoms with van der Waals surface area (Å²) in [6.07, 6.45) is 5.44. The summed E-state index contributed by atoms with van der Waals surface area (Å²) >= 11 is 0. The van der Waals surface area contributed by atoms with Crippen LogP contribution in [0.1, 0.15) is 46.0 Å². The Bertz CT molecular complexity index is 201. The molecule has 0 aromatic carbocycles. The molecule has 1 rings (SSSR count). The fraction of sp³-hybridized carbons (Fsp3) is 0.909. The zero-order chi connectivity index (χ0) is 11.3. The van der Waals surface area contributed by atoms with E-state index in [1.54, 1.807) is 0 Å². The molecule has 1 aliphatic rings. The number of ether oxygens (including phenoxy) is 1. The highest BCUT2D eigenvalue weighted by Gasteiger charge is 2.26. The van der Waals surface area contributed by atoms with Crippen LogP contribution in [-0.4, -0.2) is 18.1 Å². The lowest BCUT2D eigenvalue weighted by atomic mass is 9.87. The van der Waals surface area contributed by atoms with Crippen LogP contribution < -0.4 is 11.3 Å². The molecule has 0 aromatic heterocycles. The zero-order valence-electron chi connectivity index (χ0n) is 9.66. The normalized spacial score (nSPS) is 28.5. The number of nitrogens with one attached hydrogen (secondary N) is 1. The number of amides is 1. The van der Waals surface area contributed by atoms with E-state index in [1.807, 2.05) is 0 Å². The van der Waals surface area contributed by atoms with Crippen LogP contribution in [0, 0.1) is 5.92 Å². The number of hydrogen-bond acceptors (Lipinski definition) is 3. The Morgan fingerprint density at radius 2 is 2.07 bits per heavy atom. The van der Waals surface area contributed by atoms with Gasteiger partial charge in [-0.3, -0.25) is 10.2 Å². The quantitative estimate of drug-likeness (QED) is 0.422. The van der Waals surface area contributed by atoms with Crippen molar-refractivity contribution in [1.29, 1.82) is 0 Å². The minimum atomic E-state index is -0.0306. The van der Waals surface area contributed by atoms with Gasteiger partial charge in [0.25, 0.3) is 0 Å². The van der Waals surface area contributed by atoms with E-state index in [2.05, 4.69) is 19.3 Å². The Morgan fingerprint density at radius 3 is 2.53 bits per heavy atom. The van der Waals surface area contributed by atoms with Gasteiger partial charge >= 0.3 is 0 Å². The first-order valence-electron chi connectivity index (χ1n) is 5.83. The third kappa shape index (κ3) is 3.80. The molecule has 3 N–H and O–H groups in total. The van der Waals surface area contributed by atoms with Crippen molar-refractivity contribution in [3.05, 3.63) is 0 Å². The largest absolute Gasteiger partial charge is 0.375 e. The monoisotopic (exact) mass is 214 g/mol. The van der Waals surface area contributed by atoms with Crippen molar-refractivity contribution >= 4 is 5.91 Å². The van der Waals surface area contributed by atoms with Crippen LogP contribution in [-0.2, 0) is 9.53 Å². The topological polar surface area (TPSA) is 64.3 Å². The molecule has 0 radical (unpaired) electrons. The molecule has 0 saturated heterocycles. The lowest BCUT2D eigenvalue weighted by Gasteiger charge is -2.29. The average molecular weight is 214 g/mol. The summed E-state index contributed by atoms with van der Waals surface area (Å²) in [5.41, 5.74) is 2.22. The molecular weight excluding hydrogens is 192 g/mol. The number of hydrazine groups is 1. The molecule has 1 aliphatic carbocycles. The molecule has 1 atom stereocenters. The van der Waals surface area contributed by atoms with Gasteiger partial charge in [0.05, 0.1) is 12.2 Å². The third-order valence-corrected chi connectivity index (χ3v) is 3.19. The highest BCUT2D eigenvalue weighted by atomic mass is 16.5. The SMILES string of the molecule is CCC(C)O[C@H]1CC[C@H](C(=O)NN)CC1. The Kier molecular flexibility index (Phi) is 5.05. The second-order valence-electron chi connectivity index (χ2n) is 4.34. The molecule has 0 spiro atoms. The first-order chi connectivity index (χ1) is 7.17. The lowest BCUT2D eigenvalue weighted by Crippen LogP contribution is -2.38. The van der Waals surface area contributed by atoms with Crippen molar-refractivity contribution in [2.24, 2.45) is 11.8 Å². The van der Waals surface area contributed by atoms with Gasteiger partial charge in [-0.25, -0.2) is 5.84 Å². The Balaban J connectivity index is 2.26. The molecule has 88 valence electrons. The molecule has 0 heterocycles. The van der Waals surface area contributed by atoms with E-state index in [-0.39, 0.29) is 11.8 Å². The molecule has 15 heavy (non-hydrogen) atoms. The van der Waals surface area contributed by atoms with E-state index in [0.717, 1.165) is 32.1 Å². The summed E-state index contributed by atoms with van der Waals surface area (Å²) in [6.45, 7) is 4.22. The van der Waals surface area contributed by atoms with Crippen LogP contribution in [0.4, 0.5) is 0 Å². The summed E-state index contributed by atoms with van der Waals surface area (Å²) in [7, 11) is 0. The van der Waals surface area contributed by atoms with E-state index in [1.165, 1.54) is 0 Å². The van der Waals surface area contributed by atoms with E-state index >= 15 is 0 Å². The molecule has 4 nitrogen and oxygen atoms in total. The summed E-state index contributed by atoms with van der Waals surface area (Å²) in [6, 6.07) is 0. The Labute approximate surface area is 91.5 Å². The van der Waals surface area contributed by atoms with Gasteiger partial charge in [0.2, 0.25) is 5.91 Å². The number of hydrogen-bond donors (Lipinski definition) is 2. The number of carbonyl (C=O) groups is 1. The molecule has 1 unspecified atom stereocenters. The van der Waals surface area contributed by atoms with Crippen LogP contribution >= 0.6 is 0 Å². The molecular formula is C11H22N2O2. The summed E-state index contributed by atoms with van der Waals surface area (Å²) in [5, 5.41) is 0. The molecule has 1 amide bonds. The second-order valence-corrected chi connectivity index (χ2v) is 4.34. The van der Waals surface area contributed by atoms with E-state index in [9.17, 15) is 4.79 Å². The maximum atomic E-state index is 11.3. The van der Waals surface area contributed by atoms with E-state index in [0.29, 0.717) is 12.2 Å². The standard InChI is InChI=1S/C11H22N2O2/c1-3-8(2)15-10-6-4-9(5-7-10)11(14)13-12/h8-10H,3-7,12H2,1-2H3,(H,13,14)/t8?,9-,10-. The van der Waals surface area contributed by atoms with E-state index < -0.39 is 0 Å². The zero-order valence-corrected chi connectivity index (χ0v) is 9.66. The molecule has 1 fully saturated rings. The predicted molar refractivity (Wildman–Crippen MR) is 58.9 cm³/mol. The first kappa shape index (κ1) is 12.5. The molecule has 4 heteroatoms. The van der Waals surface area contributed by atoms with Crippen LogP contribution in [0.15, 0.2) is 0 Å². The van der Waals surface area contributed by atoms with E-state index in [4.69, 9.17) is 10.6 Å². The molecule has 0 aromatic rings. The van der Waals surface area contributed by atoms with Gasteiger partial charge in [-0.05, 0) is 39.0 Å². The van der Waals surface area contributed by atoms with Gasteiger partial charge < -0.3 is 4.74 Å². The number of carbonyl (C=O) groups excluding carboxylic acids is 1. The fourth-order valence-electron chi connectivity index (χ4n) is 2.00. The third-order valence-electron chi connectivity index (χ3n) is 3.19. The predicted octanol–water partition coefficient (Wildman–Crippen LogP) is 1.35. The maximum Gasteiger partial charge on any atom is 0.236 e. The summed E-state index contributed by atoms with van der Waals surface area (Å²) in [4.78, 5) is 11.3. The van der Waals surface area contributed by atoms with Crippen molar-refractivity contribution in [2.45, 2.75) is 58.2 Å². The van der Waals surface area contributed by atoms with Crippen molar-refractivity contribution in [3.8, 4) is 0 Å². The van der Waals surface area contributed by atoms with Gasteiger partial charge in [-0.1, -0.05) is 6.92 Å². The van der Waals surface area contributed by atoms with Gasteiger partial charge in [-0.15, -0.1) is 0 Å². The minimum absolute atomic E-state index is 0.0306. The number of rotatable bonds is 4. The summed E-state index contributed by atoms with van der Waals surface area (Å²) < 4.78 is 5.84. The van der Waals surface area contributed by atoms with Gasteiger partial charge in [0.1, 0.15) is 0 Å². The second kappa shape index (κ2) is 6.08. The minimum Gasteiger partial charge on any atom is -0.375 e. The highest BCUT2D eigenvalue weighted by molar-refractivity contribution is 5.77. The van der Waals surface area contributed by atoms with Gasteiger partial charge in [0, 0.05) is 5.92 Å². The van der Waals surface area contributed by atoms with Crippen LogP contribution in [0.25, 0.3) is 0 Å². The van der Waals surface area contributed by atoms with Gasteiger partial charge in [-0.2, -0.15) is 0 Å². The molecule has 0 bridgehead atoms. The molecule has 0 aliphatic heterocycles. The Hall–Kier alpha value is -0.610. The molecule has 1 saturated carbocycles. The van der Waals surface area contributed by atoms with Crippen LogP contribution in [0.5, 0.6) is 0 Å². The van der Waals surface area contributed by atoms with Crippen molar-refractivity contribution in [3.63, 3.8) is 0 Å². The van der Waals surface area contributed by atoms with Crippen molar-refractivity contribution in [2.75, 3.05) is 0 Å². The fourth-order valence-corrected chi connectivity index (χ4v) is 2.00. The Morgan fingerprint density at radius 1 is 1.47 bits per heavy atom. The average Bonchev–Trinajstić information content (AvgIpc) is 2.29. The smallest absolute Gasteiger partial charge is 0.236 e. The lowest BCUT2D eigenvalue weighted by molar-refractivity contribution is -0.127. The number of nitrogens with two attached hydrogens (primary N) is 1. The maximum absolute atomic E-state index is 11.3. The highest BCUT2D eigenvalue weighted by Crippen LogP contribution is 2.27. The van der Waals surface area contributed by atoms with Crippen LogP contribution in [0.3, 0.4) is 0 Å². The van der Waals surface area contributed by atoms with Crippen molar-refractivity contribution < 1.29 is 9.53 Å². The van der Waals surface area contributed by atoms with Crippen molar-refractivity contribution in [1.82, 2.24) is 5.43 Å². The summed E-state index contributed by atoms with van der Waals surface area (Å²) in [5.74, 6) is 5.17.